The number of aryl methyl sites for hydroxylation is 1. The molecule has 8 heteroatoms. The highest BCUT2D eigenvalue weighted by Gasteiger charge is 2.16. The van der Waals surface area contributed by atoms with Crippen molar-refractivity contribution in [3.63, 3.8) is 0 Å². The van der Waals surface area contributed by atoms with Gasteiger partial charge >= 0.3 is 5.97 Å². The summed E-state index contributed by atoms with van der Waals surface area (Å²) in [6, 6.07) is 20.8. The third-order valence-electron chi connectivity index (χ3n) is 5.29. The fourth-order valence-corrected chi connectivity index (χ4v) is 4.49. The van der Waals surface area contributed by atoms with Gasteiger partial charge in [-0.3, -0.25) is 0 Å². The lowest BCUT2D eigenvalue weighted by Crippen LogP contribution is -2.10. The zero-order chi connectivity index (χ0) is 24.8. The Morgan fingerprint density at radius 1 is 0.943 bits per heavy atom. The van der Waals surface area contributed by atoms with Gasteiger partial charge in [-0.15, -0.1) is 11.3 Å². The zero-order valence-electron chi connectivity index (χ0n) is 19.4. The maximum atomic E-state index is 10.7. The average molecular weight is 492 g/mol. The van der Waals surface area contributed by atoms with Gasteiger partial charge in [0.1, 0.15) is 28.9 Å². The highest BCUT2D eigenvalue weighted by atomic mass is 32.1. The molecule has 0 aliphatic carbocycles. The molecule has 0 aliphatic rings. The van der Waals surface area contributed by atoms with E-state index in [1.807, 2.05) is 61.5 Å². The summed E-state index contributed by atoms with van der Waals surface area (Å²) >= 11 is 1.55. The maximum absolute atomic E-state index is 10.7. The van der Waals surface area contributed by atoms with Gasteiger partial charge in [0.25, 0.3) is 0 Å². The minimum atomic E-state index is -1.03. The van der Waals surface area contributed by atoms with E-state index < -0.39 is 12.6 Å². The van der Waals surface area contributed by atoms with E-state index in [4.69, 9.17) is 24.3 Å². The van der Waals surface area contributed by atoms with Gasteiger partial charge in [-0.05, 0) is 66.1 Å². The summed E-state index contributed by atoms with van der Waals surface area (Å²) in [7, 11) is 1.63. The smallest absolute Gasteiger partial charge is 0.341 e. The molecule has 0 saturated carbocycles. The lowest BCUT2D eigenvalue weighted by Gasteiger charge is -2.09. The number of rotatable bonds is 10. The maximum Gasteiger partial charge on any atom is 0.341 e. The number of carboxylic acid groups (broad SMARTS) is 1. The number of aliphatic hydroxyl groups excluding tert-OH is 1. The lowest BCUT2D eigenvalue weighted by molar-refractivity contribution is -0.139. The second kappa shape index (κ2) is 11.0. The highest BCUT2D eigenvalue weighted by molar-refractivity contribution is 7.15. The van der Waals surface area contributed by atoms with Gasteiger partial charge in [-0.1, -0.05) is 24.3 Å². The van der Waals surface area contributed by atoms with Crippen LogP contribution in [0.2, 0.25) is 0 Å². The van der Waals surface area contributed by atoms with Crippen LogP contribution < -0.4 is 14.2 Å². The summed E-state index contributed by atoms with van der Waals surface area (Å²) < 4.78 is 16.5. The third-order valence-corrected chi connectivity index (χ3v) is 6.37. The van der Waals surface area contributed by atoms with E-state index in [2.05, 4.69) is 0 Å². The Morgan fingerprint density at radius 3 is 2.26 bits per heavy atom. The first-order valence-corrected chi connectivity index (χ1v) is 11.7. The molecule has 4 rings (SSSR count). The molecule has 0 atom stereocenters. The molecule has 3 aromatic carbocycles. The number of ether oxygens (including phenoxy) is 3. The lowest BCUT2D eigenvalue weighted by atomic mass is 10.1. The minimum Gasteiger partial charge on any atom is -0.497 e. The predicted octanol–water partition coefficient (Wildman–Crippen LogP) is 5.33. The number of benzene rings is 3. The number of aliphatic carboxylic acids is 1. The number of nitrogens with zero attached hydrogens (tertiary/aromatic N) is 1. The summed E-state index contributed by atoms with van der Waals surface area (Å²) in [6.07, 6.45) is 0. The molecular weight excluding hydrogens is 466 g/mol. The second-order valence-corrected chi connectivity index (χ2v) is 8.85. The van der Waals surface area contributed by atoms with Crippen molar-refractivity contribution < 1.29 is 29.2 Å². The van der Waals surface area contributed by atoms with Crippen LogP contribution in [0.1, 0.15) is 16.1 Å². The number of carbonyl (C=O) groups is 1. The number of hydrogen-bond acceptors (Lipinski definition) is 7. The monoisotopic (exact) mass is 491 g/mol. The first-order chi connectivity index (χ1) is 17.0. The van der Waals surface area contributed by atoms with Gasteiger partial charge < -0.3 is 24.4 Å². The van der Waals surface area contributed by atoms with Crippen molar-refractivity contribution in [3.05, 3.63) is 82.9 Å². The van der Waals surface area contributed by atoms with Crippen molar-refractivity contribution in [3.8, 4) is 38.9 Å². The van der Waals surface area contributed by atoms with Crippen LogP contribution in [0.25, 0.3) is 21.7 Å². The standard InChI is InChI=1S/C27H25NO6S/c1-17-13-22(11-12-23(17)34-16-25(30)31)33-15-24-28-26(19-7-9-21(32-2)10-8-19)27(35-24)20-5-3-18(14-29)4-6-20/h3-13,29H,14-16H2,1-2H3,(H,30,31). The summed E-state index contributed by atoms with van der Waals surface area (Å²) in [5.74, 6) is 0.889. The molecule has 0 saturated heterocycles. The molecule has 0 fully saturated rings. The molecule has 4 aromatic rings. The summed E-state index contributed by atoms with van der Waals surface area (Å²) in [5, 5.41) is 19.0. The van der Waals surface area contributed by atoms with Crippen molar-refractivity contribution in [2.24, 2.45) is 0 Å². The van der Waals surface area contributed by atoms with Crippen LogP contribution in [0, 0.1) is 6.92 Å². The Balaban J connectivity index is 1.58. The van der Waals surface area contributed by atoms with Crippen molar-refractivity contribution in [1.82, 2.24) is 4.98 Å². The molecule has 0 spiro atoms. The molecule has 180 valence electrons. The van der Waals surface area contributed by atoms with Crippen molar-refractivity contribution in [2.75, 3.05) is 13.7 Å². The summed E-state index contributed by atoms with van der Waals surface area (Å²) in [6.45, 7) is 1.71. The van der Waals surface area contributed by atoms with Gasteiger partial charge in [0, 0.05) is 5.56 Å². The number of thiazole rings is 1. The fraction of sp³-hybridized carbons (Fsp3) is 0.185. The number of methoxy groups -OCH3 is 1. The number of carboxylic acids is 1. The second-order valence-electron chi connectivity index (χ2n) is 7.77. The summed E-state index contributed by atoms with van der Waals surface area (Å²) in [5.41, 5.74) is 4.45. The topological polar surface area (TPSA) is 98.1 Å². The van der Waals surface area contributed by atoms with Crippen LogP contribution >= 0.6 is 11.3 Å². The molecular formula is C27H25NO6S. The van der Waals surface area contributed by atoms with Gasteiger partial charge in [0.2, 0.25) is 0 Å². The highest BCUT2D eigenvalue weighted by Crippen LogP contribution is 2.38. The normalized spacial score (nSPS) is 10.7. The van der Waals surface area contributed by atoms with Gasteiger partial charge in [0.15, 0.2) is 6.61 Å². The van der Waals surface area contributed by atoms with E-state index in [-0.39, 0.29) is 13.2 Å². The number of aliphatic hydroxyl groups is 1. The molecule has 2 N–H and O–H groups in total. The molecule has 7 nitrogen and oxygen atoms in total. The van der Waals surface area contributed by atoms with E-state index in [0.717, 1.165) is 43.6 Å². The molecule has 0 amide bonds. The Morgan fingerprint density at radius 2 is 1.63 bits per heavy atom. The first-order valence-electron chi connectivity index (χ1n) is 10.9. The third kappa shape index (κ3) is 5.98. The number of hydrogen-bond donors (Lipinski definition) is 2. The van der Waals surface area contributed by atoms with Crippen molar-refractivity contribution in [1.29, 1.82) is 0 Å². The Labute approximate surface area is 207 Å². The van der Waals surface area contributed by atoms with Crippen molar-refractivity contribution >= 4 is 17.3 Å². The van der Waals surface area contributed by atoms with Crippen LogP contribution in [-0.4, -0.2) is 34.9 Å². The Hall–Kier alpha value is -3.88. The number of aromatic nitrogens is 1. The Kier molecular flexibility index (Phi) is 7.64. The SMILES string of the molecule is COc1ccc(-c2nc(COc3ccc(OCC(=O)O)c(C)c3)sc2-c2ccc(CO)cc2)cc1. The van der Waals surface area contributed by atoms with Crippen LogP contribution in [0.5, 0.6) is 17.2 Å². The van der Waals surface area contributed by atoms with Crippen LogP contribution in [0.4, 0.5) is 0 Å². The first kappa shape index (κ1) is 24.3. The summed E-state index contributed by atoms with van der Waals surface area (Å²) in [4.78, 5) is 16.6. The molecule has 0 aliphatic heterocycles. The average Bonchev–Trinajstić information content (AvgIpc) is 3.31. The fourth-order valence-electron chi connectivity index (χ4n) is 3.49. The van der Waals surface area contributed by atoms with Crippen LogP contribution in [0.3, 0.4) is 0 Å². The largest absolute Gasteiger partial charge is 0.497 e. The molecule has 0 radical (unpaired) electrons. The van der Waals surface area contributed by atoms with Gasteiger partial charge in [0.05, 0.1) is 24.3 Å². The minimum absolute atomic E-state index is 0.00699. The van der Waals surface area contributed by atoms with E-state index in [1.54, 1.807) is 30.6 Å². The van der Waals surface area contributed by atoms with E-state index in [0.29, 0.717) is 11.5 Å². The molecule has 1 aromatic heterocycles. The van der Waals surface area contributed by atoms with Crippen LogP contribution in [0.15, 0.2) is 66.7 Å². The van der Waals surface area contributed by atoms with Gasteiger partial charge in [-0.25, -0.2) is 9.78 Å². The van der Waals surface area contributed by atoms with Crippen molar-refractivity contribution in [2.45, 2.75) is 20.1 Å². The molecule has 1 heterocycles. The van der Waals surface area contributed by atoms with E-state index >= 15 is 0 Å². The quantitative estimate of drug-likeness (QED) is 0.309. The zero-order valence-corrected chi connectivity index (χ0v) is 20.2. The Bertz CT molecular complexity index is 1230. The molecule has 0 bridgehead atoms. The van der Waals surface area contributed by atoms with E-state index in [1.165, 1.54) is 0 Å². The predicted molar refractivity (Wildman–Crippen MR) is 134 cm³/mol. The van der Waals surface area contributed by atoms with E-state index in [9.17, 15) is 9.90 Å². The van der Waals surface area contributed by atoms with Crippen LogP contribution in [-0.2, 0) is 18.0 Å². The molecule has 35 heavy (non-hydrogen) atoms. The molecule has 0 unspecified atom stereocenters. The van der Waals surface area contributed by atoms with Gasteiger partial charge in [-0.2, -0.15) is 0 Å².